The fourth-order valence-electron chi connectivity index (χ4n) is 5.47. The summed E-state index contributed by atoms with van der Waals surface area (Å²) in [6, 6.07) is 14.7. The summed E-state index contributed by atoms with van der Waals surface area (Å²) in [5, 5.41) is 2.90. The summed E-state index contributed by atoms with van der Waals surface area (Å²) in [6.45, 7) is 6.51. The number of carbonyl (C=O) groups excluding carboxylic acids is 4. The first-order valence-electron chi connectivity index (χ1n) is 13.0. The highest BCUT2D eigenvalue weighted by Crippen LogP contribution is 2.33. The highest BCUT2D eigenvalue weighted by Gasteiger charge is 2.52. The van der Waals surface area contributed by atoms with E-state index in [0.717, 1.165) is 11.1 Å². The molecule has 2 aliphatic heterocycles. The SMILES string of the molecule is CC(C)C[C@H](NC(=O)c1cccc(CN)c1)C(=O)N1CC[C@@H]2[C@H]1C(=O)CN2C(=O)[C@@H](C)c1ccccc1. The summed E-state index contributed by atoms with van der Waals surface area (Å²) in [5.74, 6) is -1.09. The average molecular weight is 505 g/mol. The topological polar surface area (TPSA) is 113 Å². The zero-order valence-corrected chi connectivity index (χ0v) is 21.7. The standard InChI is InChI=1S/C29H36N4O4/c1-18(2)14-23(31-27(35)22-11-7-8-20(15-22)16-30)29(37)32-13-12-24-26(32)25(34)17-33(24)28(36)19(3)21-9-5-4-6-10-21/h4-11,15,18-19,23-24,26H,12-14,16-17,30H2,1-3H3,(H,31,35)/t19-,23-,24+,26-/m0/s1. The van der Waals surface area contributed by atoms with Gasteiger partial charge in [-0.3, -0.25) is 19.2 Å². The highest BCUT2D eigenvalue weighted by atomic mass is 16.2. The summed E-state index contributed by atoms with van der Waals surface area (Å²) in [7, 11) is 0. The average Bonchev–Trinajstić information content (AvgIpc) is 3.48. The molecule has 4 atom stereocenters. The van der Waals surface area contributed by atoms with Crippen LogP contribution in [0.4, 0.5) is 0 Å². The van der Waals surface area contributed by atoms with Gasteiger partial charge in [-0.1, -0.05) is 56.3 Å². The van der Waals surface area contributed by atoms with Gasteiger partial charge < -0.3 is 20.9 Å². The number of Topliss-reactive ketones (excluding diaryl/α,β-unsaturated/α-hetero) is 1. The maximum Gasteiger partial charge on any atom is 0.251 e. The molecule has 0 aliphatic carbocycles. The second-order valence-corrected chi connectivity index (χ2v) is 10.5. The lowest BCUT2D eigenvalue weighted by Crippen LogP contribution is -2.53. The second-order valence-electron chi connectivity index (χ2n) is 10.5. The molecular weight excluding hydrogens is 468 g/mol. The Morgan fingerprint density at radius 2 is 1.73 bits per heavy atom. The fourth-order valence-corrected chi connectivity index (χ4v) is 5.47. The Kier molecular flexibility index (Phi) is 8.07. The van der Waals surface area contributed by atoms with E-state index in [4.69, 9.17) is 5.73 Å². The molecule has 2 heterocycles. The number of carbonyl (C=O) groups is 4. The first-order chi connectivity index (χ1) is 17.7. The van der Waals surface area contributed by atoms with Crippen LogP contribution < -0.4 is 11.1 Å². The fraction of sp³-hybridized carbons (Fsp3) is 0.448. The molecule has 4 rings (SSSR count). The van der Waals surface area contributed by atoms with Gasteiger partial charge in [-0.25, -0.2) is 0 Å². The number of likely N-dealkylation sites (tertiary alicyclic amines) is 2. The van der Waals surface area contributed by atoms with Gasteiger partial charge in [0, 0.05) is 18.7 Å². The molecule has 3 N–H and O–H groups in total. The van der Waals surface area contributed by atoms with Crippen molar-refractivity contribution in [3.05, 3.63) is 71.3 Å². The molecule has 3 amide bonds. The van der Waals surface area contributed by atoms with E-state index in [1.165, 1.54) is 0 Å². The molecule has 8 heteroatoms. The lowest BCUT2D eigenvalue weighted by Gasteiger charge is -2.29. The van der Waals surface area contributed by atoms with Gasteiger partial charge in [-0.05, 0) is 48.9 Å². The number of rotatable bonds is 8. The summed E-state index contributed by atoms with van der Waals surface area (Å²) in [4.78, 5) is 56.4. The van der Waals surface area contributed by atoms with Crippen molar-refractivity contribution in [3.63, 3.8) is 0 Å². The molecule has 196 valence electrons. The minimum Gasteiger partial charge on any atom is -0.340 e. The second kappa shape index (κ2) is 11.3. The van der Waals surface area contributed by atoms with E-state index in [2.05, 4.69) is 5.32 Å². The van der Waals surface area contributed by atoms with Crippen LogP contribution in [0.3, 0.4) is 0 Å². The van der Waals surface area contributed by atoms with E-state index < -0.39 is 12.1 Å². The Labute approximate surface area is 218 Å². The van der Waals surface area contributed by atoms with Gasteiger partial charge in [0.05, 0.1) is 18.5 Å². The van der Waals surface area contributed by atoms with Crippen LogP contribution in [0.15, 0.2) is 54.6 Å². The van der Waals surface area contributed by atoms with Gasteiger partial charge in [0.2, 0.25) is 11.8 Å². The van der Waals surface area contributed by atoms with Gasteiger partial charge in [0.1, 0.15) is 12.1 Å². The molecule has 2 fully saturated rings. The minimum atomic E-state index is -0.770. The quantitative estimate of drug-likeness (QED) is 0.574. The van der Waals surface area contributed by atoms with E-state index >= 15 is 0 Å². The predicted octanol–water partition coefficient (Wildman–Crippen LogP) is 2.47. The van der Waals surface area contributed by atoms with Gasteiger partial charge in [0.25, 0.3) is 5.91 Å². The number of ketones is 1. The first kappa shape index (κ1) is 26.5. The van der Waals surface area contributed by atoms with Gasteiger partial charge in [-0.15, -0.1) is 0 Å². The molecule has 2 saturated heterocycles. The van der Waals surface area contributed by atoms with Crippen LogP contribution in [-0.4, -0.2) is 64.5 Å². The van der Waals surface area contributed by atoms with Crippen molar-refractivity contribution in [1.29, 1.82) is 0 Å². The first-order valence-corrected chi connectivity index (χ1v) is 13.0. The molecule has 8 nitrogen and oxygen atoms in total. The molecule has 0 saturated carbocycles. The van der Waals surface area contributed by atoms with Gasteiger partial charge in [0.15, 0.2) is 5.78 Å². The predicted molar refractivity (Wildman–Crippen MR) is 141 cm³/mol. The zero-order chi connectivity index (χ0) is 26.7. The molecular formula is C29H36N4O4. The van der Waals surface area contributed by atoms with Crippen LogP contribution in [-0.2, 0) is 20.9 Å². The molecule has 2 aromatic rings. The number of hydrogen-bond donors (Lipinski definition) is 2. The third-order valence-electron chi connectivity index (χ3n) is 7.39. The molecule has 37 heavy (non-hydrogen) atoms. The van der Waals surface area contributed by atoms with E-state index in [9.17, 15) is 19.2 Å². The Morgan fingerprint density at radius 3 is 2.41 bits per heavy atom. The molecule has 0 bridgehead atoms. The maximum atomic E-state index is 13.7. The van der Waals surface area contributed by atoms with Gasteiger partial charge >= 0.3 is 0 Å². The molecule has 0 aromatic heterocycles. The minimum absolute atomic E-state index is 0.00219. The highest BCUT2D eigenvalue weighted by molar-refractivity contribution is 6.01. The summed E-state index contributed by atoms with van der Waals surface area (Å²) in [5.41, 5.74) is 7.87. The molecule has 2 aliphatic rings. The van der Waals surface area contributed by atoms with Crippen molar-refractivity contribution in [3.8, 4) is 0 Å². The monoisotopic (exact) mass is 504 g/mol. The van der Waals surface area contributed by atoms with Crippen LogP contribution in [0.5, 0.6) is 0 Å². The summed E-state index contributed by atoms with van der Waals surface area (Å²) < 4.78 is 0. The number of nitrogens with two attached hydrogens (primary N) is 1. The lowest BCUT2D eigenvalue weighted by atomic mass is 9.99. The van der Waals surface area contributed by atoms with Crippen molar-refractivity contribution in [2.75, 3.05) is 13.1 Å². The Hall–Kier alpha value is -3.52. The Morgan fingerprint density at radius 1 is 1.00 bits per heavy atom. The largest absolute Gasteiger partial charge is 0.340 e. The normalized spacial score (nSPS) is 20.6. The summed E-state index contributed by atoms with van der Waals surface area (Å²) in [6.07, 6.45) is 0.979. The van der Waals surface area contributed by atoms with Crippen molar-refractivity contribution >= 4 is 23.5 Å². The number of nitrogens with zero attached hydrogens (tertiary/aromatic N) is 2. The molecule has 0 unspecified atom stereocenters. The van der Waals surface area contributed by atoms with Crippen LogP contribution in [0.25, 0.3) is 0 Å². The lowest BCUT2D eigenvalue weighted by molar-refractivity contribution is -0.138. The van der Waals surface area contributed by atoms with Crippen molar-refractivity contribution < 1.29 is 19.2 Å². The van der Waals surface area contributed by atoms with Crippen molar-refractivity contribution in [1.82, 2.24) is 15.1 Å². The van der Waals surface area contributed by atoms with E-state index in [-0.39, 0.29) is 47.9 Å². The van der Waals surface area contributed by atoms with Crippen molar-refractivity contribution in [2.24, 2.45) is 11.7 Å². The number of hydrogen-bond acceptors (Lipinski definition) is 5. The molecule has 2 aromatic carbocycles. The van der Waals surface area contributed by atoms with E-state index in [0.29, 0.717) is 31.5 Å². The third kappa shape index (κ3) is 5.59. The Bertz CT molecular complexity index is 1170. The third-order valence-corrected chi connectivity index (χ3v) is 7.39. The number of amides is 3. The van der Waals surface area contributed by atoms with Crippen LogP contribution >= 0.6 is 0 Å². The number of nitrogens with one attached hydrogen (secondary N) is 1. The van der Waals surface area contributed by atoms with Crippen LogP contribution in [0, 0.1) is 5.92 Å². The van der Waals surface area contributed by atoms with Crippen LogP contribution in [0.2, 0.25) is 0 Å². The van der Waals surface area contributed by atoms with E-state index in [1.807, 2.05) is 57.2 Å². The molecule has 0 radical (unpaired) electrons. The van der Waals surface area contributed by atoms with Crippen molar-refractivity contribution in [2.45, 2.75) is 64.2 Å². The number of benzene rings is 2. The smallest absolute Gasteiger partial charge is 0.251 e. The van der Waals surface area contributed by atoms with E-state index in [1.54, 1.807) is 28.0 Å². The summed E-state index contributed by atoms with van der Waals surface area (Å²) >= 11 is 0. The maximum absolute atomic E-state index is 13.7. The zero-order valence-electron chi connectivity index (χ0n) is 21.7. The molecule has 0 spiro atoms. The van der Waals surface area contributed by atoms with Crippen LogP contribution in [0.1, 0.15) is 61.0 Å². The van der Waals surface area contributed by atoms with Gasteiger partial charge in [-0.2, -0.15) is 0 Å². The Balaban J connectivity index is 1.50. The number of fused-ring (bicyclic) bond motifs is 1.